The fraction of sp³-hybridized carbons (Fsp3) is 1.00. The van der Waals surface area contributed by atoms with Crippen LogP contribution in [0.15, 0.2) is 0 Å². The van der Waals surface area contributed by atoms with Crippen molar-refractivity contribution in [2.45, 2.75) is 12.9 Å². The van der Waals surface area contributed by atoms with Crippen molar-refractivity contribution in [3.63, 3.8) is 0 Å². The van der Waals surface area contributed by atoms with Crippen LogP contribution in [0.3, 0.4) is 0 Å². The molecular formula is C4H10O4. The fourth-order valence-electron chi connectivity index (χ4n) is 0.239. The minimum atomic E-state index is -2.67. The Hall–Kier alpha value is -0.160. The summed E-state index contributed by atoms with van der Waals surface area (Å²) < 4.78 is 4.45. The standard InChI is InChI=1S/C4H10O4/c1-2-8-3-4(5,6)7/h5-7H,2-3H2,1H3. The van der Waals surface area contributed by atoms with Crippen LogP contribution in [0.2, 0.25) is 0 Å². The van der Waals surface area contributed by atoms with E-state index in [1.54, 1.807) is 6.92 Å². The summed E-state index contributed by atoms with van der Waals surface area (Å²) in [5.74, 6) is -2.67. The Balaban J connectivity index is 3.11. The molecule has 0 fully saturated rings. The number of ether oxygens (including phenoxy) is 1. The third-order valence-electron chi connectivity index (χ3n) is 0.500. The molecule has 0 aliphatic rings. The number of hydrogen-bond acceptors (Lipinski definition) is 4. The predicted octanol–water partition coefficient (Wildman–Crippen LogP) is -1.35. The molecule has 0 aliphatic carbocycles. The van der Waals surface area contributed by atoms with Gasteiger partial charge in [0.25, 0.3) is 5.97 Å². The van der Waals surface area contributed by atoms with Crippen molar-refractivity contribution in [3.05, 3.63) is 0 Å². The van der Waals surface area contributed by atoms with E-state index in [2.05, 4.69) is 4.74 Å². The van der Waals surface area contributed by atoms with E-state index in [0.717, 1.165) is 0 Å². The van der Waals surface area contributed by atoms with Crippen molar-refractivity contribution in [1.82, 2.24) is 0 Å². The zero-order chi connectivity index (χ0) is 6.62. The van der Waals surface area contributed by atoms with E-state index in [0.29, 0.717) is 6.61 Å². The van der Waals surface area contributed by atoms with E-state index in [1.807, 2.05) is 0 Å². The van der Waals surface area contributed by atoms with Crippen molar-refractivity contribution >= 4 is 0 Å². The minimum absolute atomic E-state index is 0.351. The van der Waals surface area contributed by atoms with Gasteiger partial charge in [-0.3, -0.25) is 0 Å². The quantitative estimate of drug-likeness (QED) is 0.405. The molecule has 0 heterocycles. The molecule has 0 saturated carbocycles. The Kier molecular flexibility index (Phi) is 2.93. The van der Waals surface area contributed by atoms with E-state index in [-0.39, 0.29) is 0 Å². The van der Waals surface area contributed by atoms with Crippen LogP contribution in [0.1, 0.15) is 6.92 Å². The van der Waals surface area contributed by atoms with Gasteiger partial charge in [0.05, 0.1) is 0 Å². The maximum absolute atomic E-state index is 8.13. The van der Waals surface area contributed by atoms with E-state index < -0.39 is 12.6 Å². The molecule has 0 amide bonds. The monoisotopic (exact) mass is 122 g/mol. The van der Waals surface area contributed by atoms with E-state index in [1.165, 1.54) is 0 Å². The third-order valence-corrected chi connectivity index (χ3v) is 0.500. The minimum Gasteiger partial charge on any atom is -0.373 e. The molecule has 0 spiro atoms. The lowest BCUT2D eigenvalue weighted by molar-refractivity contribution is -0.331. The maximum atomic E-state index is 8.13. The smallest absolute Gasteiger partial charge is 0.300 e. The molecular weight excluding hydrogens is 112 g/mol. The number of hydrogen-bond donors (Lipinski definition) is 3. The van der Waals surface area contributed by atoms with Crippen LogP contribution in [0.5, 0.6) is 0 Å². The summed E-state index contributed by atoms with van der Waals surface area (Å²) in [5.41, 5.74) is 0. The van der Waals surface area contributed by atoms with Crippen LogP contribution < -0.4 is 0 Å². The average molecular weight is 122 g/mol. The molecule has 0 atom stereocenters. The van der Waals surface area contributed by atoms with Crippen molar-refractivity contribution in [1.29, 1.82) is 0 Å². The molecule has 0 saturated heterocycles. The van der Waals surface area contributed by atoms with Gasteiger partial charge in [-0.25, -0.2) is 0 Å². The molecule has 0 bridgehead atoms. The lowest BCUT2D eigenvalue weighted by Crippen LogP contribution is -2.33. The van der Waals surface area contributed by atoms with Crippen LogP contribution >= 0.6 is 0 Å². The Morgan fingerprint density at radius 1 is 1.38 bits per heavy atom. The first-order chi connectivity index (χ1) is 3.56. The van der Waals surface area contributed by atoms with Crippen LogP contribution in [0, 0.1) is 0 Å². The fourth-order valence-corrected chi connectivity index (χ4v) is 0.239. The van der Waals surface area contributed by atoms with Crippen LogP contribution in [0.25, 0.3) is 0 Å². The van der Waals surface area contributed by atoms with E-state index in [4.69, 9.17) is 15.3 Å². The van der Waals surface area contributed by atoms with Crippen molar-refractivity contribution in [3.8, 4) is 0 Å². The van der Waals surface area contributed by atoms with Gasteiger partial charge in [0.2, 0.25) is 0 Å². The molecule has 4 nitrogen and oxygen atoms in total. The summed E-state index contributed by atoms with van der Waals surface area (Å²) in [6.07, 6.45) is 0. The summed E-state index contributed by atoms with van der Waals surface area (Å²) in [4.78, 5) is 0. The van der Waals surface area contributed by atoms with Gasteiger partial charge >= 0.3 is 0 Å². The lowest BCUT2D eigenvalue weighted by atomic mass is 10.6. The van der Waals surface area contributed by atoms with E-state index in [9.17, 15) is 0 Å². The van der Waals surface area contributed by atoms with Gasteiger partial charge in [0.15, 0.2) is 0 Å². The molecule has 0 unspecified atom stereocenters. The second-order valence-corrected chi connectivity index (χ2v) is 1.41. The average Bonchev–Trinajstić information content (AvgIpc) is 1.59. The van der Waals surface area contributed by atoms with E-state index >= 15 is 0 Å². The number of aliphatic hydroxyl groups is 3. The molecule has 4 heteroatoms. The highest BCUT2D eigenvalue weighted by atomic mass is 16.7. The SMILES string of the molecule is CCOCC(O)(O)O. The Morgan fingerprint density at radius 2 is 1.88 bits per heavy atom. The second kappa shape index (κ2) is 2.99. The van der Waals surface area contributed by atoms with Gasteiger partial charge in [-0.05, 0) is 6.92 Å². The summed E-state index contributed by atoms with van der Waals surface area (Å²) >= 11 is 0. The van der Waals surface area contributed by atoms with Gasteiger partial charge in [-0.2, -0.15) is 0 Å². The molecule has 0 aromatic rings. The molecule has 8 heavy (non-hydrogen) atoms. The predicted molar refractivity (Wildman–Crippen MR) is 25.9 cm³/mol. The summed E-state index contributed by atoms with van der Waals surface area (Å²) in [7, 11) is 0. The Bertz CT molecular complexity index is 55.5. The lowest BCUT2D eigenvalue weighted by Gasteiger charge is -2.12. The van der Waals surface area contributed by atoms with Crippen LogP contribution in [-0.2, 0) is 4.74 Å². The molecule has 50 valence electrons. The zero-order valence-corrected chi connectivity index (χ0v) is 4.66. The zero-order valence-electron chi connectivity index (χ0n) is 4.66. The highest BCUT2D eigenvalue weighted by Gasteiger charge is 2.16. The molecule has 0 aromatic heterocycles. The first-order valence-corrected chi connectivity index (χ1v) is 2.31. The van der Waals surface area contributed by atoms with Gasteiger partial charge in [-0.15, -0.1) is 0 Å². The van der Waals surface area contributed by atoms with Crippen molar-refractivity contribution in [2.24, 2.45) is 0 Å². The van der Waals surface area contributed by atoms with Gasteiger partial charge in [-0.1, -0.05) is 0 Å². The Labute approximate surface area is 47.3 Å². The highest BCUT2D eigenvalue weighted by molar-refractivity contribution is 4.39. The summed E-state index contributed by atoms with van der Waals surface area (Å²) in [5, 5.41) is 24.4. The summed E-state index contributed by atoms with van der Waals surface area (Å²) in [6.45, 7) is 1.57. The molecule has 0 radical (unpaired) electrons. The first-order valence-electron chi connectivity index (χ1n) is 2.31. The number of rotatable bonds is 3. The first kappa shape index (κ1) is 7.84. The summed E-state index contributed by atoms with van der Waals surface area (Å²) in [6, 6.07) is 0. The normalized spacial score (nSPS) is 12.0. The topological polar surface area (TPSA) is 69.9 Å². The largest absolute Gasteiger partial charge is 0.373 e. The van der Waals surface area contributed by atoms with Crippen molar-refractivity contribution in [2.75, 3.05) is 13.2 Å². The van der Waals surface area contributed by atoms with Crippen LogP contribution in [-0.4, -0.2) is 34.5 Å². The van der Waals surface area contributed by atoms with Gasteiger partial charge < -0.3 is 20.1 Å². The van der Waals surface area contributed by atoms with Gasteiger partial charge in [0.1, 0.15) is 6.61 Å². The highest BCUT2D eigenvalue weighted by Crippen LogP contribution is 1.91. The maximum Gasteiger partial charge on any atom is 0.300 e. The van der Waals surface area contributed by atoms with Crippen molar-refractivity contribution < 1.29 is 20.1 Å². The van der Waals surface area contributed by atoms with Gasteiger partial charge in [0, 0.05) is 6.61 Å². The Morgan fingerprint density at radius 3 is 2.00 bits per heavy atom. The molecule has 0 aliphatic heterocycles. The second-order valence-electron chi connectivity index (χ2n) is 1.41. The van der Waals surface area contributed by atoms with Crippen LogP contribution in [0.4, 0.5) is 0 Å². The third kappa shape index (κ3) is 5.84. The molecule has 0 rings (SSSR count). The molecule has 3 N–H and O–H groups in total. The molecule has 0 aromatic carbocycles.